The fourth-order valence-corrected chi connectivity index (χ4v) is 1.56. The van der Waals surface area contributed by atoms with E-state index in [0.717, 1.165) is 10.0 Å². The van der Waals surface area contributed by atoms with Crippen LogP contribution in [0, 0.1) is 0 Å². The standard InChI is InChI=1S/C11H11BrN4O/c1-2-17-11-15-9(14-10(13)16-11)7-3-5-8(12)6-4-7/h3-6H,2H2,1H3,(H2,13,14,15,16). The summed E-state index contributed by atoms with van der Waals surface area (Å²) < 4.78 is 6.21. The van der Waals surface area contributed by atoms with E-state index >= 15 is 0 Å². The number of hydrogen-bond donors (Lipinski definition) is 1. The van der Waals surface area contributed by atoms with Crippen molar-refractivity contribution in [3.05, 3.63) is 28.7 Å². The van der Waals surface area contributed by atoms with Gasteiger partial charge in [0.15, 0.2) is 5.82 Å². The van der Waals surface area contributed by atoms with Gasteiger partial charge < -0.3 is 10.5 Å². The maximum atomic E-state index is 5.61. The van der Waals surface area contributed by atoms with Crippen molar-refractivity contribution >= 4 is 21.9 Å². The number of ether oxygens (including phenoxy) is 1. The smallest absolute Gasteiger partial charge is 0.321 e. The summed E-state index contributed by atoms with van der Waals surface area (Å²) in [7, 11) is 0. The van der Waals surface area contributed by atoms with Crippen molar-refractivity contribution < 1.29 is 4.74 Å². The molecule has 2 aromatic rings. The van der Waals surface area contributed by atoms with E-state index in [4.69, 9.17) is 10.5 Å². The average molecular weight is 295 g/mol. The average Bonchev–Trinajstić information content (AvgIpc) is 2.29. The fourth-order valence-electron chi connectivity index (χ4n) is 1.29. The molecular weight excluding hydrogens is 284 g/mol. The number of benzene rings is 1. The SMILES string of the molecule is CCOc1nc(N)nc(-c2ccc(Br)cc2)n1. The molecule has 88 valence electrons. The molecule has 17 heavy (non-hydrogen) atoms. The molecule has 2 N–H and O–H groups in total. The van der Waals surface area contributed by atoms with Gasteiger partial charge in [-0.2, -0.15) is 15.0 Å². The van der Waals surface area contributed by atoms with Crippen molar-refractivity contribution in [3.8, 4) is 17.4 Å². The van der Waals surface area contributed by atoms with E-state index in [1.54, 1.807) is 0 Å². The van der Waals surface area contributed by atoms with Crippen LogP contribution in [0.5, 0.6) is 6.01 Å². The van der Waals surface area contributed by atoms with Crippen LogP contribution >= 0.6 is 15.9 Å². The summed E-state index contributed by atoms with van der Waals surface area (Å²) in [6.45, 7) is 2.35. The van der Waals surface area contributed by atoms with E-state index in [9.17, 15) is 0 Å². The Morgan fingerprint density at radius 1 is 1.18 bits per heavy atom. The highest BCUT2D eigenvalue weighted by atomic mass is 79.9. The first-order valence-corrected chi connectivity index (χ1v) is 5.88. The minimum atomic E-state index is 0.154. The van der Waals surface area contributed by atoms with Gasteiger partial charge in [0.05, 0.1) is 6.61 Å². The first-order valence-electron chi connectivity index (χ1n) is 5.09. The molecule has 0 atom stereocenters. The third-order valence-corrected chi connectivity index (χ3v) is 2.54. The minimum absolute atomic E-state index is 0.154. The van der Waals surface area contributed by atoms with Gasteiger partial charge in [-0.25, -0.2) is 0 Å². The summed E-state index contributed by atoms with van der Waals surface area (Å²) in [5.41, 5.74) is 6.47. The highest BCUT2D eigenvalue weighted by Crippen LogP contribution is 2.20. The van der Waals surface area contributed by atoms with Crippen LogP contribution in [-0.2, 0) is 0 Å². The van der Waals surface area contributed by atoms with Gasteiger partial charge in [0.25, 0.3) is 0 Å². The van der Waals surface area contributed by atoms with Crippen molar-refractivity contribution in [2.75, 3.05) is 12.3 Å². The zero-order chi connectivity index (χ0) is 12.3. The zero-order valence-electron chi connectivity index (χ0n) is 9.22. The third kappa shape index (κ3) is 2.91. The van der Waals surface area contributed by atoms with Crippen LogP contribution in [0.4, 0.5) is 5.95 Å². The Hall–Kier alpha value is -1.69. The van der Waals surface area contributed by atoms with Crippen molar-refractivity contribution in [2.45, 2.75) is 6.92 Å². The summed E-state index contributed by atoms with van der Waals surface area (Å²) in [6.07, 6.45) is 0. The number of aromatic nitrogens is 3. The molecular formula is C11H11BrN4O. The molecule has 0 aliphatic rings. The van der Waals surface area contributed by atoms with Crippen molar-refractivity contribution in [1.29, 1.82) is 0 Å². The van der Waals surface area contributed by atoms with Crippen LogP contribution in [0.25, 0.3) is 11.4 Å². The van der Waals surface area contributed by atoms with Crippen molar-refractivity contribution in [3.63, 3.8) is 0 Å². The molecule has 2 rings (SSSR count). The number of rotatable bonds is 3. The maximum absolute atomic E-state index is 5.61. The van der Waals surface area contributed by atoms with E-state index in [-0.39, 0.29) is 12.0 Å². The molecule has 6 heteroatoms. The number of anilines is 1. The summed E-state index contributed by atoms with van der Waals surface area (Å²) in [5.74, 6) is 0.662. The van der Waals surface area contributed by atoms with Crippen molar-refractivity contribution in [1.82, 2.24) is 15.0 Å². The van der Waals surface area contributed by atoms with Crippen LogP contribution in [0.1, 0.15) is 6.92 Å². The number of halogens is 1. The predicted octanol–water partition coefficient (Wildman–Crippen LogP) is 2.28. The molecule has 0 fully saturated rings. The highest BCUT2D eigenvalue weighted by Gasteiger charge is 2.07. The highest BCUT2D eigenvalue weighted by molar-refractivity contribution is 9.10. The first-order chi connectivity index (χ1) is 8.19. The second-order valence-electron chi connectivity index (χ2n) is 3.24. The van der Waals surface area contributed by atoms with Gasteiger partial charge in [-0.3, -0.25) is 0 Å². The maximum Gasteiger partial charge on any atom is 0.321 e. The lowest BCUT2D eigenvalue weighted by Gasteiger charge is -2.05. The van der Waals surface area contributed by atoms with E-state index in [0.29, 0.717) is 12.4 Å². The molecule has 1 aromatic carbocycles. The molecule has 1 heterocycles. The lowest BCUT2D eigenvalue weighted by molar-refractivity contribution is 0.312. The largest absolute Gasteiger partial charge is 0.464 e. The summed E-state index contributed by atoms with van der Waals surface area (Å²) in [4.78, 5) is 12.2. The Labute approximate surface area is 107 Å². The van der Waals surface area contributed by atoms with E-state index < -0.39 is 0 Å². The van der Waals surface area contributed by atoms with Crippen LogP contribution < -0.4 is 10.5 Å². The monoisotopic (exact) mass is 294 g/mol. The Morgan fingerprint density at radius 2 is 1.88 bits per heavy atom. The van der Waals surface area contributed by atoms with Gasteiger partial charge in [0.2, 0.25) is 5.95 Å². The van der Waals surface area contributed by atoms with E-state index in [1.165, 1.54) is 0 Å². The van der Waals surface area contributed by atoms with Crippen molar-refractivity contribution in [2.24, 2.45) is 0 Å². The lowest BCUT2D eigenvalue weighted by atomic mass is 10.2. The Morgan fingerprint density at radius 3 is 2.53 bits per heavy atom. The summed E-state index contributed by atoms with van der Waals surface area (Å²) >= 11 is 3.37. The van der Waals surface area contributed by atoms with Crippen LogP contribution in [0.15, 0.2) is 28.7 Å². The van der Waals surface area contributed by atoms with Gasteiger partial charge in [-0.05, 0) is 19.1 Å². The lowest BCUT2D eigenvalue weighted by Crippen LogP contribution is -2.04. The quantitative estimate of drug-likeness (QED) is 0.940. The Bertz CT molecular complexity index is 515. The van der Waals surface area contributed by atoms with Crippen LogP contribution in [0.2, 0.25) is 0 Å². The molecule has 0 aliphatic carbocycles. The van der Waals surface area contributed by atoms with Gasteiger partial charge in [0.1, 0.15) is 0 Å². The molecule has 0 spiro atoms. The first kappa shape index (κ1) is 11.8. The molecule has 0 amide bonds. The van der Waals surface area contributed by atoms with Crippen LogP contribution in [-0.4, -0.2) is 21.6 Å². The second kappa shape index (κ2) is 5.09. The second-order valence-corrected chi connectivity index (χ2v) is 4.16. The van der Waals surface area contributed by atoms with Gasteiger partial charge in [-0.15, -0.1) is 0 Å². The molecule has 0 radical (unpaired) electrons. The molecule has 0 saturated heterocycles. The molecule has 0 aliphatic heterocycles. The van der Waals surface area contributed by atoms with E-state index in [1.807, 2.05) is 31.2 Å². The fraction of sp³-hybridized carbons (Fsp3) is 0.182. The molecule has 1 aromatic heterocycles. The van der Waals surface area contributed by atoms with E-state index in [2.05, 4.69) is 30.9 Å². The number of nitrogen functional groups attached to an aromatic ring is 1. The summed E-state index contributed by atoms with van der Waals surface area (Å²) in [5, 5.41) is 0. The molecule has 0 saturated carbocycles. The third-order valence-electron chi connectivity index (χ3n) is 2.01. The summed E-state index contributed by atoms with van der Waals surface area (Å²) in [6, 6.07) is 7.87. The molecule has 0 unspecified atom stereocenters. The van der Waals surface area contributed by atoms with Gasteiger partial charge in [0, 0.05) is 10.0 Å². The Kier molecular flexibility index (Phi) is 3.53. The van der Waals surface area contributed by atoms with Crippen LogP contribution in [0.3, 0.4) is 0 Å². The van der Waals surface area contributed by atoms with Gasteiger partial charge in [-0.1, -0.05) is 28.1 Å². The predicted molar refractivity (Wildman–Crippen MR) is 68.5 cm³/mol. The normalized spacial score (nSPS) is 10.2. The Balaban J connectivity index is 2.40. The minimum Gasteiger partial charge on any atom is -0.464 e. The zero-order valence-corrected chi connectivity index (χ0v) is 10.8. The number of nitrogens with zero attached hydrogens (tertiary/aromatic N) is 3. The van der Waals surface area contributed by atoms with Gasteiger partial charge >= 0.3 is 6.01 Å². The molecule has 5 nitrogen and oxygen atoms in total. The molecule has 0 bridgehead atoms. The topological polar surface area (TPSA) is 73.9 Å². The number of hydrogen-bond acceptors (Lipinski definition) is 5. The number of nitrogens with two attached hydrogens (primary N) is 1.